The van der Waals surface area contributed by atoms with E-state index >= 15 is 0 Å². The Morgan fingerprint density at radius 2 is 2.11 bits per heavy atom. The molecule has 2 aromatic rings. The summed E-state index contributed by atoms with van der Waals surface area (Å²) < 4.78 is 6.20. The highest BCUT2D eigenvalue weighted by Crippen LogP contribution is 2.21. The number of benzene rings is 1. The third-order valence-corrected chi connectivity index (χ3v) is 3.81. The van der Waals surface area contributed by atoms with Gasteiger partial charge in [-0.3, -0.25) is 0 Å². The quantitative estimate of drug-likeness (QED) is 0.636. The van der Waals surface area contributed by atoms with Gasteiger partial charge in [0.1, 0.15) is 17.6 Å². The predicted octanol–water partition coefficient (Wildman–Crippen LogP) is 3.93. The standard InChI is InChI=1S/C13H13ClIN3O/c1-8-3-4-9(5-10(8)15)16-12-6-11(14)17-13(18-12)7-19-2/h3-6H,7H2,1-2H3,(H,16,17,18). The van der Waals surface area contributed by atoms with Crippen molar-refractivity contribution in [1.29, 1.82) is 0 Å². The average Bonchev–Trinajstić information content (AvgIpc) is 2.33. The van der Waals surface area contributed by atoms with E-state index in [-0.39, 0.29) is 0 Å². The number of hydrogen-bond acceptors (Lipinski definition) is 4. The summed E-state index contributed by atoms with van der Waals surface area (Å²) in [5, 5.41) is 3.61. The molecule has 1 N–H and O–H groups in total. The van der Waals surface area contributed by atoms with Crippen molar-refractivity contribution in [1.82, 2.24) is 9.97 Å². The number of aromatic nitrogens is 2. The van der Waals surface area contributed by atoms with Crippen LogP contribution < -0.4 is 5.32 Å². The van der Waals surface area contributed by atoms with Crippen molar-refractivity contribution in [3.8, 4) is 0 Å². The summed E-state index contributed by atoms with van der Waals surface area (Å²) in [4.78, 5) is 8.42. The molecule has 0 atom stereocenters. The SMILES string of the molecule is COCc1nc(Cl)cc(Nc2ccc(C)c(I)c2)n1. The van der Waals surface area contributed by atoms with E-state index in [1.54, 1.807) is 13.2 Å². The first-order chi connectivity index (χ1) is 9.08. The zero-order valence-electron chi connectivity index (χ0n) is 10.6. The van der Waals surface area contributed by atoms with Crippen molar-refractivity contribution in [3.05, 3.63) is 44.4 Å². The molecular formula is C13H13ClIN3O. The smallest absolute Gasteiger partial charge is 0.158 e. The molecule has 1 heterocycles. The van der Waals surface area contributed by atoms with Gasteiger partial charge in [0.05, 0.1) is 0 Å². The molecule has 0 radical (unpaired) electrons. The summed E-state index contributed by atoms with van der Waals surface area (Å²) in [5.74, 6) is 1.21. The third-order valence-electron chi connectivity index (χ3n) is 2.46. The Hall–Kier alpha value is -0.920. The highest BCUT2D eigenvalue weighted by atomic mass is 127. The van der Waals surface area contributed by atoms with Gasteiger partial charge in [0.15, 0.2) is 5.82 Å². The normalized spacial score (nSPS) is 10.5. The van der Waals surface area contributed by atoms with Gasteiger partial charge in [-0.15, -0.1) is 0 Å². The molecule has 0 aliphatic carbocycles. The number of hydrogen-bond donors (Lipinski definition) is 1. The summed E-state index contributed by atoms with van der Waals surface area (Å²) in [6.07, 6.45) is 0. The highest BCUT2D eigenvalue weighted by Gasteiger charge is 2.04. The predicted molar refractivity (Wildman–Crippen MR) is 84.9 cm³/mol. The van der Waals surface area contributed by atoms with Crippen LogP contribution >= 0.6 is 34.2 Å². The van der Waals surface area contributed by atoms with Gasteiger partial charge in [-0.2, -0.15) is 0 Å². The number of halogens is 2. The lowest BCUT2D eigenvalue weighted by molar-refractivity contribution is 0.178. The minimum atomic E-state index is 0.334. The van der Waals surface area contributed by atoms with Gasteiger partial charge in [-0.05, 0) is 47.2 Å². The van der Waals surface area contributed by atoms with Crippen molar-refractivity contribution in [2.75, 3.05) is 12.4 Å². The summed E-state index contributed by atoms with van der Waals surface area (Å²) >= 11 is 8.26. The summed E-state index contributed by atoms with van der Waals surface area (Å²) in [5.41, 5.74) is 2.21. The van der Waals surface area contributed by atoms with E-state index in [1.807, 2.05) is 6.07 Å². The van der Waals surface area contributed by atoms with Crippen LogP contribution in [0.25, 0.3) is 0 Å². The molecule has 1 aromatic heterocycles. The topological polar surface area (TPSA) is 47.0 Å². The lowest BCUT2D eigenvalue weighted by Crippen LogP contribution is -2.01. The lowest BCUT2D eigenvalue weighted by Gasteiger charge is -2.09. The van der Waals surface area contributed by atoms with E-state index in [0.29, 0.717) is 23.4 Å². The fourth-order valence-electron chi connectivity index (χ4n) is 1.54. The molecule has 4 nitrogen and oxygen atoms in total. The van der Waals surface area contributed by atoms with Crippen LogP contribution in [-0.4, -0.2) is 17.1 Å². The first kappa shape index (κ1) is 14.5. The molecule has 0 saturated heterocycles. The van der Waals surface area contributed by atoms with Gasteiger partial charge in [0.2, 0.25) is 0 Å². The largest absolute Gasteiger partial charge is 0.377 e. The Kier molecular flexibility index (Phi) is 4.95. The van der Waals surface area contributed by atoms with Crippen LogP contribution in [0.1, 0.15) is 11.4 Å². The highest BCUT2D eigenvalue weighted by molar-refractivity contribution is 14.1. The fourth-order valence-corrected chi connectivity index (χ4v) is 2.26. The van der Waals surface area contributed by atoms with Gasteiger partial charge in [-0.1, -0.05) is 17.7 Å². The molecular weight excluding hydrogens is 377 g/mol. The second-order valence-corrected chi connectivity index (χ2v) is 5.56. The monoisotopic (exact) mass is 389 g/mol. The van der Waals surface area contributed by atoms with Crippen LogP contribution in [0.2, 0.25) is 5.15 Å². The number of aryl methyl sites for hydroxylation is 1. The molecule has 0 aliphatic heterocycles. The van der Waals surface area contributed by atoms with Crippen LogP contribution in [0.5, 0.6) is 0 Å². The van der Waals surface area contributed by atoms with E-state index in [1.165, 1.54) is 9.13 Å². The number of anilines is 2. The van der Waals surface area contributed by atoms with Crippen LogP contribution in [0.4, 0.5) is 11.5 Å². The van der Waals surface area contributed by atoms with Crippen LogP contribution in [-0.2, 0) is 11.3 Å². The minimum Gasteiger partial charge on any atom is -0.377 e. The molecule has 0 amide bonds. The van der Waals surface area contributed by atoms with Crippen molar-refractivity contribution in [2.45, 2.75) is 13.5 Å². The molecule has 19 heavy (non-hydrogen) atoms. The van der Waals surface area contributed by atoms with E-state index in [4.69, 9.17) is 16.3 Å². The van der Waals surface area contributed by atoms with Crippen molar-refractivity contribution < 1.29 is 4.74 Å². The number of methoxy groups -OCH3 is 1. The number of rotatable bonds is 4. The molecule has 100 valence electrons. The summed E-state index contributed by atoms with van der Waals surface area (Å²) in [7, 11) is 1.60. The maximum Gasteiger partial charge on any atom is 0.158 e. The van der Waals surface area contributed by atoms with Crippen molar-refractivity contribution in [3.63, 3.8) is 0 Å². The molecule has 1 aromatic carbocycles. The Bertz CT molecular complexity index is 592. The Morgan fingerprint density at radius 1 is 1.32 bits per heavy atom. The fraction of sp³-hybridized carbons (Fsp3) is 0.231. The van der Waals surface area contributed by atoms with Crippen LogP contribution in [0, 0.1) is 10.5 Å². The first-order valence-corrected chi connectivity index (χ1v) is 7.09. The first-order valence-electron chi connectivity index (χ1n) is 5.64. The van der Waals surface area contributed by atoms with E-state index < -0.39 is 0 Å². The van der Waals surface area contributed by atoms with Gasteiger partial charge >= 0.3 is 0 Å². The molecule has 2 rings (SSSR count). The van der Waals surface area contributed by atoms with E-state index in [2.05, 4.69) is 56.9 Å². The van der Waals surface area contributed by atoms with Gasteiger partial charge in [0.25, 0.3) is 0 Å². The second-order valence-electron chi connectivity index (χ2n) is 4.01. The van der Waals surface area contributed by atoms with Gasteiger partial charge in [-0.25, -0.2) is 9.97 Å². The molecule has 0 bridgehead atoms. The Balaban J connectivity index is 2.24. The lowest BCUT2D eigenvalue weighted by atomic mass is 10.2. The minimum absolute atomic E-state index is 0.334. The Labute approximate surface area is 130 Å². The molecule has 0 fully saturated rings. The average molecular weight is 390 g/mol. The zero-order valence-corrected chi connectivity index (χ0v) is 13.5. The summed E-state index contributed by atoms with van der Waals surface area (Å²) in [6, 6.07) is 7.81. The van der Waals surface area contributed by atoms with Gasteiger partial charge in [0, 0.05) is 22.4 Å². The number of nitrogens with one attached hydrogen (secondary N) is 1. The second kappa shape index (κ2) is 6.49. The van der Waals surface area contributed by atoms with Gasteiger partial charge < -0.3 is 10.1 Å². The molecule has 0 aliphatic rings. The number of ether oxygens (including phenoxy) is 1. The molecule has 0 saturated carbocycles. The van der Waals surface area contributed by atoms with Crippen LogP contribution in [0.15, 0.2) is 24.3 Å². The van der Waals surface area contributed by atoms with E-state index in [9.17, 15) is 0 Å². The molecule has 0 spiro atoms. The molecule has 6 heteroatoms. The maximum absolute atomic E-state index is 5.96. The van der Waals surface area contributed by atoms with E-state index in [0.717, 1.165) is 5.69 Å². The van der Waals surface area contributed by atoms with Crippen molar-refractivity contribution >= 4 is 45.7 Å². The molecule has 0 unspecified atom stereocenters. The van der Waals surface area contributed by atoms with Crippen molar-refractivity contribution in [2.24, 2.45) is 0 Å². The number of nitrogens with zero attached hydrogens (tertiary/aromatic N) is 2. The van der Waals surface area contributed by atoms with Crippen LogP contribution in [0.3, 0.4) is 0 Å². The Morgan fingerprint density at radius 3 is 2.79 bits per heavy atom. The maximum atomic E-state index is 5.96. The third kappa shape index (κ3) is 4.02. The summed E-state index contributed by atoms with van der Waals surface area (Å²) in [6.45, 7) is 2.41. The zero-order chi connectivity index (χ0) is 13.8.